The standard InChI is InChI=1S/C23H35N3O/c1-15(2)17-5-7-26(8-6-17)22-24-13-20(14-25-22)18-9-23(10-18)11-19(12-23)21(27)16(3)4/h13-19H,5-12H2,1-4H3/t18-,19-,23?. The van der Waals surface area contributed by atoms with Crippen molar-refractivity contribution >= 4 is 11.7 Å². The first kappa shape index (κ1) is 18.9. The minimum Gasteiger partial charge on any atom is -0.341 e. The molecular formula is C23H35N3O. The Labute approximate surface area is 164 Å². The Bertz CT molecular complexity index is 659. The molecule has 4 heteroatoms. The molecule has 1 aliphatic heterocycles. The molecule has 0 aromatic carbocycles. The van der Waals surface area contributed by atoms with Crippen molar-refractivity contribution in [2.24, 2.45) is 29.1 Å². The number of carbonyl (C=O) groups is 1. The van der Waals surface area contributed by atoms with E-state index in [1.54, 1.807) is 0 Å². The molecule has 1 aromatic heterocycles. The fraction of sp³-hybridized carbons (Fsp3) is 0.783. The summed E-state index contributed by atoms with van der Waals surface area (Å²) in [5, 5.41) is 0. The summed E-state index contributed by atoms with van der Waals surface area (Å²) in [5.41, 5.74) is 1.75. The van der Waals surface area contributed by atoms with Gasteiger partial charge in [-0.1, -0.05) is 27.7 Å². The fourth-order valence-electron chi connectivity index (χ4n) is 5.68. The van der Waals surface area contributed by atoms with E-state index in [0.717, 1.165) is 43.7 Å². The van der Waals surface area contributed by atoms with Crippen LogP contribution in [0.5, 0.6) is 0 Å². The van der Waals surface area contributed by atoms with Gasteiger partial charge in [0, 0.05) is 37.3 Å². The number of piperidine rings is 1. The van der Waals surface area contributed by atoms with E-state index in [1.807, 2.05) is 13.8 Å². The lowest BCUT2D eigenvalue weighted by Gasteiger charge is -2.57. The third kappa shape index (κ3) is 3.64. The van der Waals surface area contributed by atoms with Gasteiger partial charge in [0.1, 0.15) is 5.78 Å². The van der Waals surface area contributed by atoms with Gasteiger partial charge in [0.25, 0.3) is 0 Å². The zero-order chi connectivity index (χ0) is 19.2. The van der Waals surface area contributed by atoms with Crippen molar-refractivity contribution in [3.63, 3.8) is 0 Å². The highest BCUT2D eigenvalue weighted by Gasteiger charge is 2.54. The first-order valence-corrected chi connectivity index (χ1v) is 11.0. The summed E-state index contributed by atoms with van der Waals surface area (Å²) in [5.74, 6) is 4.12. The highest BCUT2D eigenvalue weighted by Crippen LogP contribution is 2.64. The molecule has 0 amide bonds. The largest absolute Gasteiger partial charge is 0.341 e. The summed E-state index contributed by atoms with van der Waals surface area (Å²) in [4.78, 5) is 23.9. The molecule has 3 aliphatic rings. The fourth-order valence-corrected chi connectivity index (χ4v) is 5.68. The van der Waals surface area contributed by atoms with Crippen molar-refractivity contribution in [2.45, 2.75) is 72.1 Å². The minimum atomic E-state index is 0.190. The quantitative estimate of drug-likeness (QED) is 0.744. The van der Waals surface area contributed by atoms with Gasteiger partial charge in [0.05, 0.1) is 0 Å². The molecule has 1 saturated heterocycles. The van der Waals surface area contributed by atoms with Crippen molar-refractivity contribution in [1.82, 2.24) is 9.97 Å². The van der Waals surface area contributed by atoms with E-state index in [4.69, 9.17) is 9.97 Å². The SMILES string of the molecule is CC(C)C(=O)[C@H]1CC2(C1)C[C@H](c1cnc(N3CCC(C(C)C)CC3)nc1)C2. The van der Waals surface area contributed by atoms with E-state index in [0.29, 0.717) is 23.0 Å². The Morgan fingerprint density at radius 1 is 1.04 bits per heavy atom. The van der Waals surface area contributed by atoms with Gasteiger partial charge in [-0.3, -0.25) is 4.79 Å². The summed E-state index contributed by atoms with van der Waals surface area (Å²) in [7, 11) is 0. The smallest absolute Gasteiger partial charge is 0.225 e. The highest BCUT2D eigenvalue weighted by molar-refractivity contribution is 5.83. The van der Waals surface area contributed by atoms with Gasteiger partial charge >= 0.3 is 0 Å². The number of Topliss-reactive ketones (excluding diaryl/α,β-unsaturated/α-hetero) is 1. The molecule has 0 radical (unpaired) electrons. The Morgan fingerprint density at radius 2 is 1.63 bits per heavy atom. The Kier molecular flexibility index (Phi) is 5.02. The van der Waals surface area contributed by atoms with Crippen molar-refractivity contribution < 1.29 is 4.79 Å². The maximum absolute atomic E-state index is 12.1. The van der Waals surface area contributed by atoms with Gasteiger partial charge < -0.3 is 4.90 Å². The van der Waals surface area contributed by atoms with E-state index in [1.165, 1.54) is 31.2 Å². The third-order valence-corrected chi connectivity index (χ3v) is 7.58. The van der Waals surface area contributed by atoms with Crippen LogP contribution < -0.4 is 4.90 Å². The third-order valence-electron chi connectivity index (χ3n) is 7.58. The lowest BCUT2D eigenvalue weighted by Crippen LogP contribution is -2.49. The average Bonchev–Trinajstić information content (AvgIpc) is 2.59. The molecular weight excluding hydrogens is 334 g/mol. The molecule has 0 bridgehead atoms. The van der Waals surface area contributed by atoms with Gasteiger partial charge in [-0.15, -0.1) is 0 Å². The first-order valence-electron chi connectivity index (χ1n) is 11.0. The summed E-state index contributed by atoms with van der Waals surface area (Å²) >= 11 is 0. The molecule has 1 spiro atoms. The van der Waals surface area contributed by atoms with Crippen LogP contribution in [0.3, 0.4) is 0 Å². The van der Waals surface area contributed by atoms with E-state index >= 15 is 0 Å². The molecule has 27 heavy (non-hydrogen) atoms. The number of ketones is 1. The second kappa shape index (κ2) is 7.18. The Balaban J connectivity index is 1.27. The molecule has 4 nitrogen and oxygen atoms in total. The summed E-state index contributed by atoms with van der Waals surface area (Å²) < 4.78 is 0. The average molecular weight is 370 g/mol. The Morgan fingerprint density at radius 3 is 2.15 bits per heavy atom. The maximum Gasteiger partial charge on any atom is 0.225 e. The van der Waals surface area contributed by atoms with Crippen LogP contribution in [0.15, 0.2) is 12.4 Å². The van der Waals surface area contributed by atoms with Crippen LogP contribution in [0.4, 0.5) is 5.95 Å². The summed E-state index contributed by atoms with van der Waals surface area (Å²) in [6.45, 7) is 10.9. The van der Waals surface area contributed by atoms with Gasteiger partial charge in [-0.25, -0.2) is 9.97 Å². The maximum atomic E-state index is 12.1. The lowest BCUT2D eigenvalue weighted by atomic mass is 9.46. The molecule has 148 valence electrons. The van der Waals surface area contributed by atoms with Gasteiger partial charge in [-0.2, -0.15) is 0 Å². The van der Waals surface area contributed by atoms with Crippen molar-refractivity contribution in [3.8, 4) is 0 Å². The van der Waals surface area contributed by atoms with Gasteiger partial charge in [-0.05, 0) is 67.3 Å². The molecule has 0 N–H and O–H groups in total. The van der Waals surface area contributed by atoms with Crippen molar-refractivity contribution in [1.29, 1.82) is 0 Å². The number of rotatable bonds is 5. The predicted molar refractivity (Wildman–Crippen MR) is 109 cm³/mol. The minimum absolute atomic E-state index is 0.190. The van der Waals surface area contributed by atoms with E-state index in [9.17, 15) is 4.79 Å². The lowest BCUT2D eigenvalue weighted by molar-refractivity contribution is -0.139. The van der Waals surface area contributed by atoms with E-state index < -0.39 is 0 Å². The van der Waals surface area contributed by atoms with Crippen LogP contribution in [-0.4, -0.2) is 28.8 Å². The molecule has 2 aliphatic carbocycles. The molecule has 1 aromatic rings. The second-order valence-electron chi connectivity index (χ2n) is 10.2. The molecule has 0 unspecified atom stereocenters. The highest BCUT2D eigenvalue weighted by atomic mass is 16.1. The first-order chi connectivity index (χ1) is 12.9. The van der Waals surface area contributed by atoms with Crippen LogP contribution in [0.2, 0.25) is 0 Å². The second-order valence-corrected chi connectivity index (χ2v) is 10.2. The van der Waals surface area contributed by atoms with Crippen molar-refractivity contribution in [3.05, 3.63) is 18.0 Å². The van der Waals surface area contributed by atoms with E-state index in [2.05, 4.69) is 31.1 Å². The molecule has 2 saturated carbocycles. The van der Waals surface area contributed by atoms with Crippen LogP contribution in [0.1, 0.15) is 77.7 Å². The van der Waals surface area contributed by atoms with Gasteiger partial charge in [0.2, 0.25) is 5.95 Å². The van der Waals surface area contributed by atoms with Crippen LogP contribution in [0.25, 0.3) is 0 Å². The zero-order valence-electron chi connectivity index (χ0n) is 17.4. The number of carbonyl (C=O) groups excluding carboxylic acids is 1. The monoisotopic (exact) mass is 369 g/mol. The normalized spacial score (nSPS) is 31.3. The van der Waals surface area contributed by atoms with Crippen LogP contribution in [-0.2, 0) is 4.79 Å². The summed E-state index contributed by atoms with van der Waals surface area (Å²) in [6.07, 6.45) is 11.3. The topological polar surface area (TPSA) is 46.1 Å². The van der Waals surface area contributed by atoms with Gasteiger partial charge in [0.15, 0.2) is 0 Å². The summed E-state index contributed by atoms with van der Waals surface area (Å²) in [6, 6.07) is 0. The van der Waals surface area contributed by atoms with Crippen LogP contribution >= 0.6 is 0 Å². The number of aromatic nitrogens is 2. The zero-order valence-corrected chi connectivity index (χ0v) is 17.4. The molecule has 3 fully saturated rings. The van der Waals surface area contributed by atoms with Crippen molar-refractivity contribution in [2.75, 3.05) is 18.0 Å². The number of hydrogen-bond donors (Lipinski definition) is 0. The molecule has 0 atom stereocenters. The molecule has 2 heterocycles. The number of anilines is 1. The molecule has 4 rings (SSSR count). The Hall–Kier alpha value is -1.45. The predicted octanol–water partition coefficient (Wildman–Crippen LogP) is 4.85. The number of nitrogens with zero attached hydrogens (tertiary/aromatic N) is 3. The van der Waals surface area contributed by atoms with E-state index in [-0.39, 0.29) is 5.92 Å². The van der Waals surface area contributed by atoms with Crippen LogP contribution in [0, 0.1) is 29.1 Å². The number of hydrogen-bond acceptors (Lipinski definition) is 4.